The first-order chi connectivity index (χ1) is 15.2. The largest absolute Gasteiger partial charge is 0.496 e. The molecule has 1 saturated carbocycles. The maximum Gasteiger partial charge on any atom is 0.337 e. The monoisotopic (exact) mass is 501 g/mol. The van der Waals surface area contributed by atoms with E-state index in [-0.39, 0.29) is 23.3 Å². The molecule has 0 saturated heterocycles. The number of halogens is 1. The van der Waals surface area contributed by atoms with Crippen LogP contribution in [-0.4, -0.2) is 25.0 Å². The summed E-state index contributed by atoms with van der Waals surface area (Å²) >= 11 is 3.57. The molecule has 1 atom stereocenters. The third kappa shape index (κ3) is 4.52. The van der Waals surface area contributed by atoms with Crippen molar-refractivity contribution in [1.82, 2.24) is 5.32 Å². The number of dihydropyridines is 1. The summed E-state index contributed by atoms with van der Waals surface area (Å²) in [7, 11) is 1.62. The summed E-state index contributed by atoms with van der Waals surface area (Å²) in [4.78, 5) is 26.9. The minimum absolute atomic E-state index is 0.0452. The lowest BCUT2D eigenvalue weighted by atomic mass is 9.68. The van der Waals surface area contributed by atoms with Gasteiger partial charge in [-0.3, -0.25) is 4.79 Å². The van der Waals surface area contributed by atoms with Gasteiger partial charge in [-0.25, -0.2) is 4.79 Å². The number of benzene rings is 1. The van der Waals surface area contributed by atoms with E-state index in [1.54, 1.807) is 7.11 Å². The number of carbonyl (C=O) groups is 2. The molecule has 1 N–H and O–H groups in total. The minimum Gasteiger partial charge on any atom is -0.496 e. The lowest BCUT2D eigenvalue weighted by molar-refractivity contribution is -0.146. The molecule has 1 aliphatic heterocycles. The van der Waals surface area contributed by atoms with E-state index in [1.807, 2.05) is 25.1 Å². The highest BCUT2D eigenvalue weighted by molar-refractivity contribution is 9.10. The fraction of sp³-hybridized carbons (Fsp3) is 0.538. The van der Waals surface area contributed by atoms with Gasteiger partial charge >= 0.3 is 5.97 Å². The molecule has 1 aromatic carbocycles. The number of esters is 1. The van der Waals surface area contributed by atoms with E-state index in [2.05, 4.69) is 35.1 Å². The number of ketones is 1. The molecule has 3 aliphatic rings. The van der Waals surface area contributed by atoms with Gasteiger partial charge in [0.2, 0.25) is 0 Å². The van der Waals surface area contributed by atoms with Crippen LogP contribution < -0.4 is 10.1 Å². The molecule has 5 nitrogen and oxygen atoms in total. The number of ether oxygens (including phenoxy) is 2. The quantitative estimate of drug-likeness (QED) is 0.517. The second-order valence-electron chi connectivity index (χ2n) is 9.99. The molecule has 0 radical (unpaired) electrons. The van der Waals surface area contributed by atoms with Gasteiger partial charge in [0.15, 0.2) is 5.78 Å². The van der Waals surface area contributed by atoms with E-state index in [1.165, 1.54) is 6.42 Å². The zero-order valence-electron chi connectivity index (χ0n) is 19.3. The number of hydrogen-bond acceptors (Lipinski definition) is 5. The topological polar surface area (TPSA) is 64.6 Å². The van der Waals surface area contributed by atoms with Crippen LogP contribution in [0.2, 0.25) is 0 Å². The second-order valence-corrected chi connectivity index (χ2v) is 10.8. The third-order valence-electron chi connectivity index (χ3n) is 6.79. The van der Waals surface area contributed by atoms with E-state index in [0.29, 0.717) is 23.3 Å². The van der Waals surface area contributed by atoms with Gasteiger partial charge in [0.25, 0.3) is 0 Å². The zero-order chi connectivity index (χ0) is 23.0. The Bertz CT molecular complexity index is 1000. The highest BCUT2D eigenvalue weighted by Gasteiger charge is 2.43. The van der Waals surface area contributed by atoms with Crippen molar-refractivity contribution in [1.29, 1.82) is 0 Å². The molecule has 0 amide bonds. The van der Waals surface area contributed by atoms with Crippen molar-refractivity contribution in [2.45, 2.75) is 77.7 Å². The standard InChI is InChI=1S/C26H32BrNO4/c1-15-22(25(30)32-17-8-6-5-7-9-17)23(16-10-11-21(31-4)18(27)12-16)24-19(28-15)13-26(2,3)14-20(24)29/h10-12,17,23,28H,5-9,13-14H2,1-4H3/t23-/m1/s1. The first kappa shape index (κ1) is 23.1. The van der Waals surface area contributed by atoms with Crippen molar-refractivity contribution in [3.63, 3.8) is 0 Å². The van der Waals surface area contributed by atoms with Gasteiger partial charge in [-0.2, -0.15) is 0 Å². The Morgan fingerprint density at radius 2 is 1.88 bits per heavy atom. The van der Waals surface area contributed by atoms with Crippen molar-refractivity contribution in [3.8, 4) is 5.75 Å². The van der Waals surface area contributed by atoms with Gasteiger partial charge in [-0.15, -0.1) is 0 Å². The Kier molecular flexibility index (Phi) is 6.53. The molecule has 4 rings (SSSR count). The second kappa shape index (κ2) is 9.05. The number of Topliss-reactive ketones (excluding diaryl/α,β-unsaturated/α-hetero) is 1. The van der Waals surface area contributed by atoms with Crippen LogP contribution in [0.4, 0.5) is 0 Å². The zero-order valence-corrected chi connectivity index (χ0v) is 20.9. The number of carbonyl (C=O) groups excluding carboxylic acids is 2. The van der Waals surface area contributed by atoms with Crippen LogP contribution >= 0.6 is 15.9 Å². The molecule has 0 spiro atoms. The van der Waals surface area contributed by atoms with Crippen LogP contribution in [0.15, 0.2) is 45.2 Å². The number of hydrogen-bond donors (Lipinski definition) is 1. The molecule has 172 valence electrons. The molecular formula is C26H32BrNO4. The van der Waals surface area contributed by atoms with Gasteiger partial charge in [-0.1, -0.05) is 26.3 Å². The predicted octanol–water partition coefficient (Wildman–Crippen LogP) is 5.94. The number of rotatable bonds is 4. The first-order valence-corrected chi connectivity index (χ1v) is 12.3. The van der Waals surface area contributed by atoms with Crippen molar-refractivity contribution < 1.29 is 19.1 Å². The van der Waals surface area contributed by atoms with Gasteiger partial charge in [-0.05, 0) is 78.1 Å². The first-order valence-electron chi connectivity index (χ1n) is 11.5. The predicted molar refractivity (Wildman–Crippen MR) is 127 cm³/mol. The normalized spacial score (nSPS) is 23.5. The fourth-order valence-electron chi connectivity index (χ4n) is 5.30. The van der Waals surface area contributed by atoms with Crippen LogP contribution in [-0.2, 0) is 14.3 Å². The molecular weight excluding hydrogens is 470 g/mol. The summed E-state index contributed by atoms with van der Waals surface area (Å²) < 4.78 is 12.2. The number of allylic oxidation sites excluding steroid dienone is 3. The maximum atomic E-state index is 13.5. The van der Waals surface area contributed by atoms with Crippen molar-refractivity contribution in [2.75, 3.05) is 7.11 Å². The SMILES string of the molecule is COc1ccc([C@@H]2C(C(=O)OC3CCCCC3)=C(C)NC3=C2C(=O)CC(C)(C)C3)cc1Br. The average Bonchev–Trinajstić information content (AvgIpc) is 2.72. The number of methoxy groups -OCH3 is 1. The molecule has 2 aliphatic carbocycles. The molecule has 0 aromatic heterocycles. The molecule has 0 bridgehead atoms. The Hall–Kier alpha value is -2.08. The molecule has 0 unspecified atom stereocenters. The van der Waals surface area contributed by atoms with E-state index < -0.39 is 5.92 Å². The molecule has 32 heavy (non-hydrogen) atoms. The van der Waals surface area contributed by atoms with Crippen molar-refractivity contribution in [2.24, 2.45) is 5.41 Å². The summed E-state index contributed by atoms with van der Waals surface area (Å²) in [5, 5.41) is 3.41. The van der Waals surface area contributed by atoms with Gasteiger partial charge < -0.3 is 14.8 Å². The summed E-state index contributed by atoms with van der Waals surface area (Å²) in [5.41, 5.74) is 3.70. The van der Waals surface area contributed by atoms with Crippen LogP contribution in [0.5, 0.6) is 5.75 Å². The van der Waals surface area contributed by atoms with Crippen LogP contribution in [0.1, 0.15) is 77.2 Å². The molecule has 6 heteroatoms. The smallest absolute Gasteiger partial charge is 0.337 e. The Labute approximate surface area is 198 Å². The fourth-order valence-corrected chi connectivity index (χ4v) is 5.86. The Morgan fingerprint density at radius 3 is 2.53 bits per heavy atom. The summed E-state index contributed by atoms with van der Waals surface area (Å²) in [6.45, 7) is 6.14. The van der Waals surface area contributed by atoms with Gasteiger partial charge in [0, 0.05) is 29.3 Å². The highest BCUT2D eigenvalue weighted by Crippen LogP contribution is 2.47. The highest BCUT2D eigenvalue weighted by atomic mass is 79.9. The lowest BCUT2D eigenvalue weighted by Crippen LogP contribution is -2.39. The van der Waals surface area contributed by atoms with Crippen molar-refractivity contribution in [3.05, 3.63) is 50.8 Å². The molecule has 1 fully saturated rings. The third-order valence-corrected chi connectivity index (χ3v) is 7.41. The summed E-state index contributed by atoms with van der Waals surface area (Å²) in [5.74, 6) is 0.0346. The average molecular weight is 502 g/mol. The Balaban J connectivity index is 1.78. The summed E-state index contributed by atoms with van der Waals surface area (Å²) in [6, 6.07) is 5.77. The van der Waals surface area contributed by atoms with E-state index in [0.717, 1.165) is 53.5 Å². The minimum atomic E-state index is -0.451. The van der Waals surface area contributed by atoms with E-state index in [9.17, 15) is 9.59 Å². The maximum absolute atomic E-state index is 13.5. The van der Waals surface area contributed by atoms with Crippen LogP contribution in [0, 0.1) is 5.41 Å². The lowest BCUT2D eigenvalue weighted by Gasteiger charge is -2.39. The van der Waals surface area contributed by atoms with Gasteiger partial charge in [0.05, 0.1) is 17.2 Å². The van der Waals surface area contributed by atoms with Gasteiger partial charge in [0.1, 0.15) is 11.9 Å². The number of nitrogens with one attached hydrogen (secondary N) is 1. The Morgan fingerprint density at radius 1 is 1.16 bits per heavy atom. The summed E-state index contributed by atoms with van der Waals surface area (Å²) in [6.07, 6.45) is 6.38. The van der Waals surface area contributed by atoms with E-state index >= 15 is 0 Å². The molecule has 1 aromatic rings. The van der Waals surface area contributed by atoms with Crippen molar-refractivity contribution >= 4 is 27.7 Å². The molecule has 1 heterocycles. The van der Waals surface area contributed by atoms with Crippen LogP contribution in [0.25, 0.3) is 0 Å². The van der Waals surface area contributed by atoms with E-state index in [4.69, 9.17) is 9.47 Å². The van der Waals surface area contributed by atoms with Crippen LogP contribution in [0.3, 0.4) is 0 Å².